The van der Waals surface area contributed by atoms with Gasteiger partial charge in [-0.2, -0.15) is 0 Å². The van der Waals surface area contributed by atoms with Crippen molar-refractivity contribution in [1.29, 1.82) is 0 Å². The van der Waals surface area contributed by atoms with Gasteiger partial charge in [0.1, 0.15) is 11.6 Å². The van der Waals surface area contributed by atoms with Crippen molar-refractivity contribution in [2.24, 2.45) is 5.92 Å². The molecule has 1 aromatic rings. The third-order valence-corrected chi connectivity index (χ3v) is 4.26. The molecule has 0 spiro atoms. The largest absolute Gasteiger partial charge is 0.373 e. The molecule has 0 amide bonds. The molecule has 1 saturated carbocycles. The van der Waals surface area contributed by atoms with Gasteiger partial charge >= 0.3 is 0 Å². The molecule has 5 heteroatoms. The molecule has 0 aromatic carbocycles. The van der Waals surface area contributed by atoms with Gasteiger partial charge in [-0.3, -0.25) is 0 Å². The molecule has 1 aliphatic carbocycles. The molecular formula is C14H24N4S. The van der Waals surface area contributed by atoms with Gasteiger partial charge in [0.05, 0.1) is 0 Å². The highest BCUT2D eigenvalue weighted by Gasteiger charge is 2.13. The average molecular weight is 280 g/mol. The Morgan fingerprint density at radius 2 is 2.00 bits per heavy atom. The van der Waals surface area contributed by atoms with Crippen LogP contribution in [-0.4, -0.2) is 29.8 Å². The minimum atomic E-state index is 0.810. The fourth-order valence-corrected chi connectivity index (χ4v) is 3.02. The first-order valence-electron chi connectivity index (χ1n) is 7.16. The summed E-state index contributed by atoms with van der Waals surface area (Å²) in [4.78, 5) is 8.83. The molecule has 0 bridgehead atoms. The molecule has 0 atom stereocenters. The van der Waals surface area contributed by atoms with Crippen molar-refractivity contribution in [2.75, 3.05) is 30.5 Å². The Kier molecular flexibility index (Phi) is 5.76. The molecule has 0 aliphatic heterocycles. The topological polar surface area (TPSA) is 49.8 Å². The van der Waals surface area contributed by atoms with Gasteiger partial charge in [-0.15, -0.1) is 0 Å². The lowest BCUT2D eigenvalue weighted by Crippen LogP contribution is -2.07. The molecule has 0 unspecified atom stereocenters. The van der Waals surface area contributed by atoms with E-state index in [1.807, 2.05) is 19.4 Å². The summed E-state index contributed by atoms with van der Waals surface area (Å²) in [5.41, 5.74) is 0. The zero-order valence-corrected chi connectivity index (χ0v) is 12.7. The monoisotopic (exact) mass is 280 g/mol. The van der Waals surface area contributed by atoms with Crippen LogP contribution in [0, 0.1) is 5.92 Å². The van der Waals surface area contributed by atoms with Crippen LogP contribution >= 0.6 is 11.8 Å². The highest BCUT2D eigenvalue weighted by molar-refractivity contribution is 7.98. The Hall–Kier alpha value is -0.970. The van der Waals surface area contributed by atoms with Crippen molar-refractivity contribution < 1.29 is 0 Å². The van der Waals surface area contributed by atoms with Crippen molar-refractivity contribution in [2.45, 2.75) is 43.7 Å². The van der Waals surface area contributed by atoms with Crippen molar-refractivity contribution in [3.05, 3.63) is 6.07 Å². The predicted octanol–water partition coefficient (Wildman–Crippen LogP) is 3.62. The average Bonchev–Trinajstić information content (AvgIpc) is 2.96. The van der Waals surface area contributed by atoms with E-state index in [1.165, 1.54) is 38.5 Å². The third kappa shape index (κ3) is 4.56. The normalized spacial score (nSPS) is 15.7. The number of thioether (sulfide) groups is 1. The van der Waals surface area contributed by atoms with Crippen molar-refractivity contribution >= 4 is 23.4 Å². The zero-order valence-electron chi connectivity index (χ0n) is 11.9. The second-order valence-corrected chi connectivity index (χ2v) is 5.87. The smallest absolute Gasteiger partial charge is 0.191 e. The van der Waals surface area contributed by atoms with E-state index in [0.717, 1.165) is 29.3 Å². The lowest BCUT2D eigenvalue weighted by molar-refractivity contribution is 0.491. The van der Waals surface area contributed by atoms with Gasteiger partial charge < -0.3 is 10.6 Å². The van der Waals surface area contributed by atoms with Crippen molar-refractivity contribution in [3.8, 4) is 0 Å². The van der Waals surface area contributed by atoms with Crippen LogP contribution in [0.2, 0.25) is 0 Å². The lowest BCUT2D eigenvalue weighted by atomic mass is 10.0. The van der Waals surface area contributed by atoms with Gasteiger partial charge in [0.2, 0.25) is 0 Å². The Bertz CT molecular complexity index is 369. The quantitative estimate of drug-likeness (QED) is 0.454. The molecule has 1 aliphatic rings. The number of hydrogen-bond acceptors (Lipinski definition) is 5. The number of anilines is 2. The van der Waals surface area contributed by atoms with Crippen LogP contribution in [0.25, 0.3) is 0 Å². The van der Waals surface area contributed by atoms with Gasteiger partial charge in [0.25, 0.3) is 0 Å². The number of rotatable bonds is 7. The van der Waals surface area contributed by atoms with E-state index in [2.05, 4.69) is 20.6 Å². The Morgan fingerprint density at radius 3 is 2.68 bits per heavy atom. The molecule has 2 N–H and O–H groups in total. The van der Waals surface area contributed by atoms with Gasteiger partial charge in [0.15, 0.2) is 5.16 Å². The molecule has 1 aromatic heterocycles. The summed E-state index contributed by atoms with van der Waals surface area (Å²) in [5.74, 6) is 2.77. The number of nitrogens with zero attached hydrogens (tertiary/aromatic N) is 2. The molecule has 106 valence electrons. The van der Waals surface area contributed by atoms with Crippen LogP contribution in [0.5, 0.6) is 0 Å². The highest BCUT2D eigenvalue weighted by atomic mass is 32.2. The van der Waals surface area contributed by atoms with Crippen LogP contribution in [0.4, 0.5) is 11.6 Å². The number of aromatic nitrogens is 2. The lowest BCUT2D eigenvalue weighted by Gasteiger charge is -2.11. The summed E-state index contributed by atoms with van der Waals surface area (Å²) in [6.07, 6.45) is 10.3. The van der Waals surface area contributed by atoms with E-state index in [0.29, 0.717) is 0 Å². The number of hydrogen-bond donors (Lipinski definition) is 2. The third-order valence-electron chi connectivity index (χ3n) is 3.71. The molecule has 1 heterocycles. The summed E-state index contributed by atoms with van der Waals surface area (Å²) < 4.78 is 0. The van der Waals surface area contributed by atoms with E-state index in [-0.39, 0.29) is 0 Å². The first-order valence-corrected chi connectivity index (χ1v) is 8.39. The molecule has 0 saturated heterocycles. The van der Waals surface area contributed by atoms with E-state index < -0.39 is 0 Å². The molecule has 4 nitrogen and oxygen atoms in total. The second-order valence-electron chi connectivity index (χ2n) is 5.09. The van der Waals surface area contributed by atoms with Crippen molar-refractivity contribution in [1.82, 2.24) is 9.97 Å². The summed E-state index contributed by atoms with van der Waals surface area (Å²) in [5, 5.41) is 7.30. The second kappa shape index (κ2) is 7.58. The number of nitrogens with one attached hydrogen (secondary N) is 2. The zero-order chi connectivity index (χ0) is 13.5. The van der Waals surface area contributed by atoms with E-state index >= 15 is 0 Å². The molecule has 1 fully saturated rings. The van der Waals surface area contributed by atoms with Gasteiger partial charge in [0, 0.05) is 19.7 Å². The van der Waals surface area contributed by atoms with Crippen LogP contribution < -0.4 is 10.6 Å². The fourth-order valence-electron chi connectivity index (χ4n) is 2.64. The van der Waals surface area contributed by atoms with Crippen molar-refractivity contribution in [3.63, 3.8) is 0 Å². The first kappa shape index (κ1) is 14.4. The van der Waals surface area contributed by atoms with E-state index in [9.17, 15) is 0 Å². The predicted molar refractivity (Wildman–Crippen MR) is 83.0 cm³/mol. The molecule has 19 heavy (non-hydrogen) atoms. The SMILES string of the molecule is CNc1cc(NCCCC2CCCC2)nc(SC)n1. The maximum Gasteiger partial charge on any atom is 0.191 e. The van der Waals surface area contributed by atoms with Gasteiger partial charge in [-0.25, -0.2) is 9.97 Å². The maximum absolute atomic E-state index is 4.47. The fraction of sp³-hybridized carbons (Fsp3) is 0.714. The Labute approximate surface area is 120 Å². The Morgan fingerprint density at radius 1 is 1.26 bits per heavy atom. The minimum Gasteiger partial charge on any atom is -0.373 e. The van der Waals surface area contributed by atoms with Crippen LogP contribution in [-0.2, 0) is 0 Å². The van der Waals surface area contributed by atoms with Crippen LogP contribution in [0.15, 0.2) is 11.2 Å². The summed E-state index contributed by atoms with van der Waals surface area (Å²) >= 11 is 1.57. The summed E-state index contributed by atoms with van der Waals surface area (Å²) in [7, 11) is 1.89. The molecular weight excluding hydrogens is 256 g/mol. The summed E-state index contributed by atoms with van der Waals surface area (Å²) in [6, 6.07) is 1.97. The van der Waals surface area contributed by atoms with Gasteiger partial charge in [-0.1, -0.05) is 37.4 Å². The first-order chi connectivity index (χ1) is 9.31. The maximum atomic E-state index is 4.47. The highest BCUT2D eigenvalue weighted by Crippen LogP contribution is 2.28. The minimum absolute atomic E-state index is 0.810. The molecule has 0 radical (unpaired) electrons. The van der Waals surface area contributed by atoms with Crippen LogP contribution in [0.3, 0.4) is 0 Å². The Balaban J connectivity index is 1.77. The van der Waals surface area contributed by atoms with E-state index in [1.54, 1.807) is 11.8 Å². The standard InChI is InChI=1S/C14H24N4S/c1-15-12-10-13(18-14(17-12)19-2)16-9-5-8-11-6-3-4-7-11/h10-11H,3-9H2,1-2H3,(H2,15,16,17,18). The van der Waals surface area contributed by atoms with E-state index in [4.69, 9.17) is 0 Å². The molecule has 2 rings (SSSR count). The van der Waals surface area contributed by atoms with Gasteiger partial charge in [-0.05, 0) is 25.0 Å². The van der Waals surface area contributed by atoms with Crippen LogP contribution in [0.1, 0.15) is 38.5 Å². The summed E-state index contributed by atoms with van der Waals surface area (Å²) in [6.45, 7) is 1.00.